The number of amides is 2. The van der Waals surface area contributed by atoms with Crippen LogP contribution in [-0.4, -0.2) is 46.9 Å². The number of H-pyrrole nitrogens is 1. The maximum atomic E-state index is 13.2. The Morgan fingerprint density at radius 1 is 0.886 bits per heavy atom. The smallest absolute Gasteiger partial charge is 0.220 e. The number of hydrogen-bond donors (Lipinski definition) is 5. The van der Waals surface area contributed by atoms with Crippen LogP contribution in [0.1, 0.15) is 103 Å². The molecule has 2 rings (SSSR count). The summed E-state index contributed by atoms with van der Waals surface area (Å²) >= 11 is 0. The molecule has 10 nitrogen and oxygen atoms in total. The van der Waals surface area contributed by atoms with Gasteiger partial charge in [0.25, 0.3) is 0 Å². The molecule has 0 spiro atoms. The van der Waals surface area contributed by atoms with Crippen LogP contribution in [0.3, 0.4) is 0 Å². The molecule has 2 amide bonds. The predicted octanol–water partition coefficient (Wildman–Crippen LogP) is 4.68. The van der Waals surface area contributed by atoms with Crippen molar-refractivity contribution >= 4 is 40.2 Å². The number of benzene rings is 1. The maximum Gasteiger partial charge on any atom is 0.220 e. The zero-order valence-electron chi connectivity index (χ0n) is 26.9. The molecular formula is C34H54N6O4. The molecule has 0 aliphatic rings. The number of primary amides is 1. The van der Waals surface area contributed by atoms with Gasteiger partial charge in [-0.1, -0.05) is 39.0 Å². The van der Waals surface area contributed by atoms with E-state index in [0.717, 1.165) is 29.3 Å². The Kier molecular flexibility index (Phi) is 16.2. The van der Waals surface area contributed by atoms with E-state index in [2.05, 4.69) is 21.4 Å². The fraction of sp³-hybridized carbons (Fsp3) is 0.618. The third-order valence-electron chi connectivity index (χ3n) is 8.34. The van der Waals surface area contributed by atoms with Crippen LogP contribution >= 0.6 is 0 Å². The lowest BCUT2D eigenvalue weighted by Gasteiger charge is -2.22. The van der Waals surface area contributed by atoms with Gasteiger partial charge < -0.3 is 27.5 Å². The van der Waals surface area contributed by atoms with Gasteiger partial charge in [0.2, 0.25) is 11.8 Å². The molecular weight excluding hydrogens is 556 g/mol. The largest absolute Gasteiger partial charge is 0.370 e. The van der Waals surface area contributed by atoms with Crippen LogP contribution in [0, 0.1) is 17.8 Å². The van der Waals surface area contributed by atoms with Crippen molar-refractivity contribution in [1.29, 1.82) is 0 Å². The summed E-state index contributed by atoms with van der Waals surface area (Å²) in [6.45, 7) is 6.54. The molecule has 0 saturated heterocycles. The molecule has 0 fully saturated rings. The lowest BCUT2D eigenvalue weighted by Crippen LogP contribution is -2.36. The Balaban J connectivity index is 2.01. The van der Waals surface area contributed by atoms with E-state index in [4.69, 9.17) is 17.2 Å². The van der Waals surface area contributed by atoms with Crippen LogP contribution < -0.4 is 22.5 Å². The van der Waals surface area contributed by atoms with Crippen LogP contribution in [0.4, 0.5) is 0 Å². The van der Waals surface area contributed by atoms with E-state index in [9.17, 15) is 19.2 Å². The normalized spacial score (nSPS) is 13.4. The summed E-state index contributed by atoms with van der Waals surface area (Å²) in [5.74, 6) is 0.325. The highest BCUT2D eigenvalue weighted by Gasteiger charge is 2.22. The molecule has 0 aliphatic carbocycles. The first kappa shape index (κ1) is 36.5. The zero-order valence-corrected chi connectivity index (χ0v) is 26.9. The molecule has 10 heteroatoms. The number of fused-ring (bicyclic) bond motifs is 1. The van der Waals surface area contributed by atoms with Gasteiger partial charge in [-0.05, 0) is 74.3 Å². The summed E-state index contributed by atoms with van der Waals surface area (Å²) in [6.07, 6.45) is 8.82. The van der Waals surface area contributed by atoms with Crippen molar-refractivity contribution in [3.8, 4) is 0 Å². The SMILES string of the molecule is CCCC(=O)C[C@H](CCC(=O)N[C@@H](CCCN=C(N)N)CCC(=O)C[C@H](CCC(N)=O)C(C)C)Cc1c[nH]c2ccccc12. The highest BCUT2D eigenvalue weighted by molar-refractivity contribution is 5.83. The van der Waals surface area contributed by atoms with Gasteiger partial charge in [0.15, 0.2) is 5.96 Å². The maximum absolute atomic E-state index is 13.2. The van der Waals surface area contributed by atoms with Crippen LogP contribution in [0.25, 0.3) is 10.9 Å². The number of carbonyl (C=O) groups excluding carboxylic acids is 4. The number of nitrogens with one attached hydrogen (secondary N) is 2. The van der Waals surface area contributed by atoms with Gasteiger partial charge in [-0.3, -0.25) is 24.2 Å². The quantitative estimate of drug-likeness (QED) is 0.0690. The zero-order chi connectivity index (χ0) is 32.5. The number of aromatic nitrogens is 1. The molecule has 0 bridgehead atoms. The molecule has 1 aromatic carbocycles. The van der Waals surface area contributed by atoms with Crippen molar-refractivity contribution in [2.24, 2.45) is 39.9 Å². The first-order chi connectivity index (χ1) is 21.0. The average Bonchev–Trinajstić information content (AvgIpc) is 3.37. The number of ketones is 2. The molecule has 3 atom stereocenters. The fourth-order valence-corrected chi connectivity index (χ4v) is 5.79. The molecule has 1 aromatic heterocycles. The van der Waals surface area contributed by atoms with Crippen molar-refractivity contribution in [3.05, 3.63) is 36.0 Å². The summed E-state index contributed by atoms with van der Waals surface area (Å²) in [4.78, 5) is 57.3. The molecule has 244 valence electrons. The Hall–Kier alpha value is -3.69. The summed E-state index contributed by atoms with van der Waals surface area (Å²) in [5, 5.41) is 4.29. The monoisotopic (exact) mass is 610 g/mol. The Morgan fingerprint density at radius 2 is 1.61 bits per heavy atom. The number of hydrogen-bond acceptors (Lipinski definition) is 5. The number of para-hydroxylation sites is 1. The Labute approximate surface area is 262 Å². The second-order valence-corrected chi connectivity index (χ2v) is 12.5. The number of guanidine groups is 1. The Morgan fingerprint density at radius 3 is 2.30 bits per heavy atom. The van der Waals surface area contributed by atoms with Gasteiger partial charge in [0.05, 0.1) is 0 Å². The first-order valence-corrected chi connectivity index (χ1v) is 16.2. The van der Waals surface area contributed by atoms with Crippen molar-refractivity contribution in [3.63, 3.8) is 0 Å². The topological polar surface area (TPSA) is 187 Å². The molecule has 44 heavy (non-hydrogen) atoms. The van der Waals surface area contributed by atoms with E-state index in [1.165, 1.54) is 0 Å². The number of nitrogens with zero attached hydrogens (tertiary/aromatic N) is 1. The summed E-state index contributed by atoms with van der Waals surface area (Å²) in [6, 6.07) is 7.91. The minimum Gasteiger partial charge on any atom is -0.370 e. The van der Waals surface area contributed by atoms with Crippen molar-refractivity contribution in [2.45, 2.75) is 110 Å². The highest BCUT2D eigenvalue weighted by Crippen LogP contribution is 2.26. The lowest BCUT2D eigenvalue weighted by atomic mass is 9.85. The number of nitrogens with two attached hydrogens (primary N) is 3. The second-order valence-electron chi connectivity index (χ2n) is 12.5. The summed E-state index contributed by atoms with van der Waals surface area (Å²) in [5.41, 5.74) is 18.5. The summed E-state index contributed by atoms with van der Waals surface area (Å²) in [7, 11) is 0. The fourth-order valence-electron chi connectivity index (χ4n) is 5.79. The van der Waals surface area contributed by atoms with Crippen LogP contribution in [-0.2, 0) is 25.6 Å². The third kappa shape index (κ3) is 14.2. The molecule has 0 unspecified atom stereocenters. The average molecular weight is 611 g/mol. The molecule has 1 heterocycles. The van der Waals surface area contributed by atoms with E-state index in [0.29, 0.717) is 70.8 Å². The van der Waals surface area contributed by atoms with E-state index in [-0.39, 0.29) is 59.6 Å². The van der Waals surface area contributed by atoms with E-state index < -0.39 is 0 Å². The number of aromatic amines is 1. The van der Waals surface area contributed by atoms with Gasteiger partial charge in [0.1, 0.15) is 11.6 Å². The molecule has 2 aromatic rings. The lowest BCUT2D eigenvalue weighted by molar-refractivity contribution is -0.124. The number of aliphatic imine (C=N–C) groups is 1. The van der Waals surface area contributed by atoms with Crippen molar-refractivity contribution in [1.82, 2.24) is 10.3 Å². The van der Waals surface area contributed by atoms with Crippen molar-refractivity contribution < 1.29 is 19.2 Å². The number of carbonyl (C=O) groups is 4. The third-order valence-corrected chi connectivity index (χ3v) is 8.34. The van der Waals surface area contributed by atoms with Gasteiger partial charge >= 0.3 is 0 Å². The van der Waals surface area contributed by atoms with E-state index in [1.807, 2.05) is 45.2 Å². The summed E-state index contributed by atoms with van der Waals surface area (Å²) < 4.78 is 0. The predicted molar refractivity (Wildman–Crippen MR) is 177 cm³/mol. The first-order valence-electron chi connectivity index (χ1n) is 16.2. The van der Waals surface area contributed by atoms with Gasteiger partial charge in [-0.25, -0.2) is 0 Å². The minimum atomic E-state index is -0.356. The highest BCUT2D eigenvalue weighted by atomic mass is 16.2. The molecule has 0 aliphatic heterocycles. The molecule has 8 N–H and O–H groups in total. The van der Waals surface area contributed by atoms with E-state index in [1.54, 1.807) is 0 Å². The van der Waals surface area contributed by atoms with Gasteiger partial charge in [-0.15, -0.1) is 0 Å². The minimum absolute atomic E-state index is 0.0234. The standard InChI is InChI=1S/C34H54N6O4/c1-4-8-28(41)20-24(19-26-22-39-31-11-6-5-10-30(26)31)12-17-33(44)40-27(9-7-18-38-34(36)37)14-15-29(42)21-25(23(2)3)13-16-32(35)43/h5-6,10-11,22-25,27,39H,4,7-9,12-21H2,1-3H3,(H2,35,43)(H,40,44)(H4,36,37,38)/t24-,25+,27+/m1/s1. The van der Waals surface area contributed by atoms with Gasteiger partial charge in [-0.2, -0.15) is 0 Å². The van der Waals surface area contributed by atoms with Crippen LogP contribution in [0.5, 0.6) is 0 Å². The Bertz CT molecular complexity index is 1230. The number of rotatable bonds is 23. The van der Waals surface area contributed by atoms with Gasteiger partial charge in [0, 0.05) is 68.2 Å². The molecule has 0 radical (unpaired) electrons. The molecule has 0 saturated carbocycles. The van der Waals surface area contributed by atoms with Crippen LogP contribution in [0.15, 0.2) is 35.5 Å². The second kappa shape index (κ2) is 19.6. The van der Waals surface area contributed by atoms with Crippen LogP contribution in [0.2, 0.25) is 0 Å². The number of Topliss-reactive ketones (excluding diaryl/α,β-unsaturated/α-hetero) is 2. The van der Waals surface area contributed by atoms with Crippen molar-refractivity contribution in [2.75, 3.05) is 6.54 Å². The van der Waals surface area contributed by atoms with E-state index >= 15 is 0 Å².